The molecule has 0 saturated carbocycles. The Labute approximate surface area is 768 Å². The van der Waals surface area contributed by atoms with Crippen LogP contribution in [0.5, 0.6) is 0 Å². The molecule has 7 fully saturated rings. The number of imidazole rings is 3. The van der Waals surface area contributed by atoms with E-state index in [1.54, 1.807) is 0 Å². The van der Waals surface area contributed by atoms with E-state index in [9.17, 15) is 101 Å². The van der Waals surface area contributed by atoms with Crippen LogP contribution in [0, 0.1) is 13.8 Å². The second kappa shape index (κ2) is 39.5. The largest absolute Gasteiger partial charge is 0.472 e. The molecule has 138 heavy (non-hydrogen) atoms. The molecule has 10 aromatic heterocycles. The number of phosphoric acid groups is 5. The van der Waals surface area contributed by atoms with E-state index in [1.165, 1.54) is 52.9 Å². The van der Waals surface area contributed by atoms with E-state index in [4.69, 9.17) is 112 Å². The van der Waals surface area contributed by atoms with Gasteiger partial charge in [-0.25, -0.2) is 86.9 Å². The molecule has 0 aliphatic carbocycles. The summed E-state index contributed by atoms with van der Waals surface area (Å²) < 4.78 is 197. The summed E-state index contributed by atoms with van der Waals surface area (Å²) in [5, 5.41) is 33.5. The average Bonchev–Trinajstić information content (AvgIpc) is 1.66. The van der Waals surface area contributed by atoms with Crippen LogP contribution in [0.4, 0.5) is 29.1 Å². The fraction of sp³-hybridized carbons (Fsp3) is 0.544. The quantitative estimate of drug-likeness (QED) is 0.0178. The van der Waals surface area contributed by atoms with E-state index in [1.807, 2.05) is 4.98 Å². The van der Waals surface area contributed by atoms with Crippen LogP contribution in [-0.2, 0) is 110 Å². The van der Waals surface area contributed by atoms with E-state index in [0.717, 1.165) is 67.8 Å². The molecule has 7 saturated heterocycles. The Hall–Kier alpha value is -9.93. The molecule has 0 bridgehead atoms. The van der Waals surface area contributed by atoms with Crippen LogP contribution >= 0.6 is 46.7 Å². The van der Waals surface area contributed by atoms with Crippen LogP contribution in [0.25, 0.3) is 33.5 Å². The number of nitrogens with two attached hydrogens (primary N) is 5. The lowest BCUT2D eigenvalue weighted by Gasteiger charge is -2.30. The van der Waals surface area contributed by atoms with Crippen molar-refractivity contribution >= 4 is 109 Å². The minimum absolute atomic E-state index is 0.0284. The van der Waals surface area contributed by atoms with Crippen molar-refractivity contribution in [3.05, 3.63) is 149 Å². The SMILES string of the molecule is Cc1cn([C@H]2C[C@H](OP(=O)(O)OC[C@H]3O[C@@H](n4cnc5c(N)ncnc54)C[C@@H]3O)[C@@H](C(O)P(=O)(O)O[C@H]3C[C@H](n4ccc(N)nc4=O)O[C@@H]3COP(=O)(O)O[C@H]3C[C@H](n4ccc(N)nc4=O)O[C@@H]3COP(=O)(O)O[C@H]3C[C@H](n4cc(C)c(=O)[nH]c4=O)O[C@@H]3COP(=O)(O)O[C@H]3C[C@H](n4cnc5c(N)ncnc54)O[C@@H]3COP(=O)(O)O[C@H]3C[C@H](n4cnc5c(N)ncnc54)O[C@@H]3CO)O2)c(=O)[nH]c1=O. The summed E-state index contributed by atoms with van der Waals surface area (Å²) in [5.41, 5.74) is 24.3. The molecule has 7 aliphatic rings. The standard InChI is InChI=1S/C68H87N25O39P6/c1-28-14-89(67(101)85-62(28)96)48-11-34(41(124-48)20-119-137(111,112)131-35-12-51(93-27-82-54-58(73)76-24-79-61(54)93)125-42(35)21-117-134(105,106)128-31-8-50(120-37(31)16-94)92-26-81-53-57(72)75-23-78-60(53)92)130-136(109,110)118-19-40-33(10-47(123-40)88-6-4-44(70)84-66(88)100)129-135(107,108)116-18-39-32(9-46(122-39)87-5-3-43(69)83-65(87)99)127-133(103,104)64(98)55-36(13-49(126-55)90-15-29(2)63(97)86-68(90)102)132-138(113,114)115-17-38-30(95)7-45(121-38)91-25-80-52-56(71)74-22-77-59(52)91/h3-6,14-15,22-27,30-42,45-51,55,64,94-95,98H,7-13,16-21H2,1-2H3,(H,103,104)(H,105,106)(H,107,108)(H,109,110)(H,111,112)(H,113,114)(H2,69,83,99)(H2,70,84,100)(H2,71,74,77)(H2,72,75,78)(H2,73,76,79)(H,85,96,101)(H,86,97,102)/t30-,31-,32-,33-,34-,35-,36-,37+,38+,39+,40+,41+,42+,45+,46+,47+,48+,49+,50+,51+,55-,64?/m0/s1. The summed E-state index contributed by atoms with van der Waals surface area (Å²) in [4.78, 5) is 197. The predicted octanol–water partition coefficient (Wildman–Crippen LogP) is -2.59. The van der Waals surface area contributed by atoms with Gasteiger partial charge in [0.1, 0.15) is 170 Å². The Balaban J connectivity index is 0.577. The van der Waals surface area contributed by atoms with Gasteiger partial charge in [-0.3, -0.25) is 101 Å². The number of aromatic amines is 2. The Morgan fingerprint density at radius 1 is 0.399 bits per heavy atom. The van der Waals surface area contributed by atoms with Crippen molar-refractivity contribution in [2.45, 2.75) is 194 Å². The summed E-state index contributed by atoms with van der Waals surface area (Å²) in [6.45, 7) is -3.61. The zero-order chi connectivity index (χ0) is 98.3. The van der Waals surface area contributed by atoms with E-state index in [2.05, 4.69) is 59.8 Å². The number of aliphatic hydroxyl groups excluding tert-OH is 3. The molecular formula is C68H87N25O39P6. The predicted molar refractivity (Wildman–Crippen MR) is 454 cm³/mol. The van der Waals surface area contributed by atoms with Gasteiger partial charge in [0.15, 0.2) is 40.2 Å². The topological polar surface area (TPSA) is 891 Å². The number of ether oxygens (including phenoxy) is 7. The number of aryl methyl sites for hydroxylation is 2. The fourth-order valence-corrected chi connectivity index (χ4v) is 22.5. The molecular weight excluding hydrogens is 1980 g/mol. The van der Waals surface area contributed by atoms with Gasteiger partial charge in [-0.15, -0.1) is 0 Å². The minimum atomic E-state index is -5.89. The summed E-state index contributed by atoms with van der Waals surface area (Å²) in [7, 11) is -33.8. The molecule has 28 atom stereocenters. The van der Waals surface area contributed by atoms with Crippen LogP contribution in [0.2, 0.25) is 0 Å². The van der Waals surface area contributed by atoms with Crippen molar-refractivity contribution in [3.63, 3.8) is 0 Å². The Kier molecular flexibility index (Phi) is 28.5. The zero-order valence-corrected chi connectivity index (χ0v) is 76.6. The zero-order valence-electron chi connectivity index (χ0n) is 71.2. The van der Waals surface area contributed by atoms with Gasteiger partial charge < -0.3 is 111 Å². The first kappa shape index (κ1) is 99.6. The lowest BCUT2D eigenvalue weighted by Crippen LogP contribution is -2.38. The maximum Gasteiger partial charge on any atom is 0.472 e. The highest BCUT2D eigenvalue weighted by molar-refractivity contribution is 7.53. The van der Waals surface area contributed by atoms with Crippen LogP contribution in [0.1, 0.15) is 99.7 Å². The number of nitrogen functional groups attached to an aromatic ring is 5. The van der Waals surface area contributed by atoms with Crippen molar-refractivity contribution in [3.8, 4) is 0 Å². The Morgan fingerprint density at radius 2 is 0.696 bits per heavy atom. The molecule has 7 unspecified atom stereocenters. The normalized spacial score (nSPS) is 30.2. The summed E-state index contributed by atoms with van der Waals surface area (Å²) in [6, 6.07) is 2.28. The van der Waals surface area contributed by atoms with Gasteiger partial charge in [-0.2, -0.15) is 9.97 Å². The highest BCUT2D eigenvalue weighted by atomic mass is 31.2. The van der Waals surface area contributed by atoms with Crippen molar-refractivity contribution in [2.75, 3.05) is 68.3 Å². The summed E-state index contributed by atoms with van der Waals surface area (Å²) >= 11 is 0. The number of nitrogens with zero attached hydrogens (tertiary/aromatic N) is 18. The highest BCUT2D eigenvalue weighted by Crippen LogP contribution is 2.60. The number of rotatable bonds is 37. The molecule has 748 valence electrons. The second-order valence-corrected chi connectivity index (χ2v) is 41.1. The van der Waals surface area contributed by atoms with Gasteiger partial charge in [0.2, 0.25) is 0 Å². The molecule has 70 heteroatoms. The molecule has 0 amide bonds. The number of aliphatic hydroxyl groups is 3. The summed E-state index contributed by atoms with van der Waals surface area (Å²) in [6.07, 6.45) is -26.2. The molecule has 0 radical (unpaired) electrons. The number of aromatic nitrogens is 20. The van der Waals surface area contributed by atoms with E-state index in [-0.39, 0.29) is 86.5 Å². The number of phosphoric ester groups is 5. The lowest BCUT2D eigenvalue weighted by molar-refractivity contribution is -0.0744. The van der Waals surface area contributed by atoms with Crippen LogP contribution in [0.3, 0.4) is 0 Å². The van der Waals surface area contributed by atoms with Crippen LogP contribution in [-0.4, -0.2) is 272 Å². The first-order chi connectivity index (χ1) is 65.3. The number of nitrogens with one attached hydrogen (secondary N) is 2. The van der Waals surface area contributed by atoms with Crippen molar-refractivity contribution in [2.24, 2.45) is 0 Å². The number of hydrogen-bond acceptors (Lipinski definition) is 49. The van der Waals surface area contributed by atoms with Gasteiger partial charge in [0.25, 0.3) is 11.1 Å². The van der Waals surface area contributed by atoms with E-state index >= 15 is 0 Å². The van der Waals surface area contributed by atoms with Crippen LogP contribution in [0.15, 0.2) is 104 Å². The smallest absolute Gasteiger partial charge is 0.394 e. The first-order valence-corrected chi connectivity index (χ1v) is 50.4. The van der Waals surface area contributed by atoms with Gasteiger partial charge in [0, 0.05) is 80.9 Å². The maximum atomic E-state index is 14.9. The molecule has 0 spiro atoms. The molecule has 7 aliphatic heterocycles. The van der Waals surface area contributed by atoms with Gasteiger partial charge in [-0.05, 0) is 26.0 Å². The molecule has 10 aromatic rings. The van der Waals surface area contributed by atoms with E-state index < -0.39 is 287 Å². The molecule has 17 heterocycles. The fourth-order valence-electron chi connectivity index (χ4n) is 16.3. The molecule has 21 N–H and O–H groups in total. The number of anilines is 5. The van der Waals surface area contributed by atoms with Gasteiger partial charge >= 0.3 is 69.5 Å². The third-order valence-corrected chi connectivity index (χ3v) is 29.6. The van der Waals surface area contributed by atoms with Crippen LogP contribution < -0.4 is 62.5 Å². The number of fused-ring (bicyclic) bond motifs is 3. The number of H-pyrrole nitrogens is 2. The third-order valence-electron chi connectivity index (χ3n) is 23.0. The third kappa shape index (κ3) is 21.8. The minimum Gasteiger partial charge on any atom is -0.394 e. The number of hydrogen-bond donors (Lipinski definition) is 16. The Morgan fingerprint density at radius 3 is 1.06 bits per heavy atom. The van der Waals surface area contributed by atoms with Gasteiger partial charge in [-0.1, -0.05) is 0 Å². The van der Waals surface area contributed by atoms with Crippen molar-refractivity contribution in [1.82, 2.24) is 96.8 Å². The van der Waals surface area contributed by atoms with E-state index in [0.29, 0.717) is 0 Å². The van der Waals surface area contributed by atoms with Gasteiger partial charge in [0.05, 0.1) is 64.7 Å². The van der Waals surface area contributed by atoms with Crippen molar-refractivity contribution < 1.29 is 155 Å². The molecule has 64 nitrogen and oxygen atoms in total. The molecule has 17 rings (SSSR count). The Bertz CT molecular complexity index is 6950. The second-order valence-electron chi connectivity index (χ2n) is 32.2. The van der Waals surface area contributed by atoms with Crippen molar-refractivity contribution in [1.29, 1.82) is 0 Å². The first-order valence-electron chi connectivity index (χ1n) is 41.3. The molecule has 0 aromatic carbocycles. The average molecular weight is 2060 g/mol. The monoisotopic (exact) mass is 2060 g/mol. The highest BCUT2D eigenvalue weighted by Gasteiger charge is 2.56. The summed E-state index contributed by atoms with van der Waals surface area (Å²) in [5.74, 6) is -3.49. The lowest BCUT2D eigenvalue weighted by atomic mass is 10.2. The maximum absolute atomic E-state index is 14.9.